The fourth-order valence-corrected chi connectivity index (χ4v) is 4.71. The zero-order valence-corrected chi connectivity index (χ0v) is 21.6. The minimum atomic E-state index is -1.12. The maximum atomic E-state index is 13.8. The number of para-hydroxylation sites is 1. The number of methoxy groups -OCH3 is 1. The Balaban J connectivity index is 1.78. The van der Waals surface area contributed by atoms with E-state index in [2.05, 4.69) is 14.9 Å². The van der Waals surface area contributed by atoms with Crippen molar-refractivity contribution in [2.45, 2.75) is 12.5 Å². The minimum Gasteiger partial charge on any atom is -0.496 e. The molecule has 10 heteroatoms. The molecule has 0 aliphatic rings. The van der Waals surface area contributed by atoms with Crippen LogP contribution in [-0.2, 0) is 11.2 Å². The number of ether oxygens (including phenoxy) is 1. The van der Waals surface area contributed by atoms with Crippen LogP contribution in [0.2, 0.25) is 10.0 Å². The number of hydrogen-bond acceptors (Lipinski definition) is 6. The number of carbonyl (C=O) groups is 2. The normalized spacial score (nSPS) is 11.5. The molecule has 4 aromatic rings. The second-order valence-corrected chi connectivity index (χ2v) is 9.19. The number of benzene rings is 3. The number of nitrogens with zero attached hydrogens (tertiary/aromatic N) is 3. The molecule has 184 valence electrons. The number of aromatic nitrogens is 2. The van der Waals surface area contributed by atoms with E-state index in [1.54, 1.807) is 36.4 Å². The van der Waals surface area contributed by atoms with Gasteiger partial charge in [0.1, 0.15) is 11.8 Å². The lowest BCUT2D eigenvalue weighted by atomic mass is 10.0. The van der Waals surface area contributed by atoms with Gasteiger partial charge in [0.25, 0.3) is 5.91 Å². The van der Waals surface area contributed by atoms with Gasteiger partial charge in [-0.1, -0.05) is 76.2 Å². The van der Waals surface area contributed by atoms with Gasteiger partial charge in [0.2, 0.25) is 5.91 Å². The lowest BCUT2D eigenvalue weighted by molar-refractivity contribution is -0.122. The van der Waals surface area contributed by atoms with E-state index in [0.29, 0.717) is 35.0 Å². The Bertz CT molecular complexity index is 1340. The highest BCUT2D eigenvalue weighted by Crippen LogP contribution is 2.38. The summed E-state index contributed by atoms with van der Waals surface area (Å²) in [6, 6.07) is 20.4. The van der Waals surface area contributed by atoms with Crippen molar-refractivity contribution in [2.75, 3.05) is 18.6 Å². The van der Waals surface area contributed by atoms with Crippen LogP contribution in [0, 0.1) is 0 Å². The average molecular weight is 541 g/mol. The van der Waals surface area contributed by atoms with Crippen molar-refractivity contribution in [3.63, 3.8) is 0 Å². The third kappa shape index (κ3) is 5.84. The first-order chi connectivity index (χ1) is 17.5. The van der Waals surface area contributed by atoms with Crippen LogP contribution in [0.3, 0.4) is 0 Å². The zero-order valence-electron chi connectivity index (χ0n) is 19.2. The lowest BCUT2D eigenvalue weighted by Crippen LogP contribution is -2.45. The van der Waals surface area contributed by atoms with Gasteiger partial charge in [-0.25, -0.2) is 0 Å². The molecule has 2 amide bonds. The first-order valence-corrected chi connectivity index (χ1v) is 12.6. The van der Waals surface area contributed by atoms with Gasteiger partial charge in [-0.05, 0) is 47.8 Å². The molecule has 1 heterocycles. The number of hydrogen-bond donors (Lipinski definition) is 1. The number of halogens is 2. The average Bonchev–Trinajstić information content (AvgIpc) is 3.43. The monoisotopic (exact) mass is 540 g/mol. The van der Waals surface area contributed by atoms with E-state index in [9.17, 15) is 9.59 Å². The summed E-state index contributed by atoms with van der Waals surface area (Å²) in [7, 11) is 1.51. The van der Waals surface area contributed by atoms with E-state index in [-0.39, 0.29) is 10.7 Å². The SMILES string of the molecule is COc1ccccc1C(C(=O)NCCc1ccccc1)N(C(=O)c1csnn1)c1ccc(Cl)cc1Cl. The molecule has 7 nitrogen and oxygen atoms in total. The summed E-state index contributed by atoms with van der Waals surface area (Å²) < 4.78 is 9.37. The van der Waals surface area contributed by atoms with Gasteiger partial charge in [-0.2, -0.15) is 0 Å². The molecule has 1 atom stereocenters. The molecule has 3 aromatic carbocycles. The second kappa shape index (κ2) is 12.0. The summed E-state index contributed by atoms with van der Waals surface area (Å²) in [6.45, 7) is 0.364. The third-order valence-electron chi connectivity index (χ3n) is 5.46. The Morgan fingerprint density at radius 2 is 1.81 bits per heavy atom. The summed E-state index contributed by atoms with van der Waals surface area (Å²) in [5.41, 5.74) is 1.95. The molecular weight excluding hydrogens is 519 g/mol. The first-order valence-electron chi connectivity index (χ1n) is 11.0. The van der Waals surface area contributed by atoms with Crippen LogP contribution in [0.25, 0.3) is 0 Å². The summed E-state index contributed by atoms with van der Waals surface area (Å²) in [5, 5.41) is 9.03. The number of nitrogens with one attached hydrogen (secondary N) is 1. The Morgan fingerprint density at radius 1 is 1.06 bits per heavy atom. The molecule has 0 spiro atoms. The van der Waals surface area contributed by atoms with E-state index >= 15 is 0 Å². The van der Waals surface area contributed by atoms with Crippen molar-refractivity contribution >= 4 is 52.2 Å². The highest BCUT2D eigenvalue weighted by molar-refractivity contribution is 7.03. The van der Waals surface area contributed by atoms with Crippen LogP contribution < -0.4 is 15.0 Å². The summed E-state index contributed by atoms with van der Waals surface area (Å²) in [5.74, 6) is -0.500. The molecule has 0 bridgehead atoms. The van der Waals surface area contributed by atoms with E-state index < -0.39 is 17.9 Å². The predicted octanol–water partition coefficient (Wildman–Crippen LogP) is 5.60. The van der Waals surface area contributed by atoms with Crippen LogP contribution in [0.4, 0.5) is 5.69 Å². The molecule has 0 aliphatic carbocycles. The van der Waals surface area contributed by atoms with Crippen molar-refractivity contribution in [1.29, 1.82) is 0 Å². The van der Waals surface area contributed by atoms with Crippen molar-refractivity contribution in [2.24, 2.45) is 0 Å². The summed E-state index contributed by atoms with van der Waals surface area (Å²) in [4.78, 5) is 28.9. The van der Waals surface area contributed by atoms with Crippen molar-refractivity contribution in [3.05, 3.63) is 105 Å². The van der Waals surface area contributed by atoms with Crippen LogP contribution in [0.1, 0.15) is 27.7 Å². The van der Waals surface area contributed by atoms with Gasteiger partial charge in [-0.15, -0.1) is 5.10 Å². The fraction of sp³-hybridized carbons (Fsp3) is 0.154. The zero-order chi connectivity index (χ0) is 25.5. The van der Waals surface area contributed by atoms with Crippen LogP contribution in [-0.4, -0.2) is 35.1 Å². The van der Waals surface area contributed by atoms with E-state index in [1.165, 1.54) is 23.5 Å². The van der Waals surface area contributed by atoms with Gasteiger partial charge in [0, 0.05) is 22.5 Å². The molecular formula is C26H22Cl2N4O3S. The Labute approximate surface area is 222 Å². The first kappa shape index (κ1) is 25.6. The summed E-state index contributed by atoms with van der Waals surface area (Å²) >= 11 is 13.7. The molecule has 36 heavy (non-hydrogen) atoms. The van der Waals surface area contributed by atoms with Gasteiger partial charge in [0.05, 0.1) is 17.8 Å². The van der Waals surface area contributed by atoms with Crippen LogP contribution >= 0.6 is 34.7 Å². The maximum Gasteiger partial charge on any atom is 0.280 e. The molecule has 0 saturated heterocycles. The van der Waals surface area contributed by atoms with Crippen molar-refractivity contribution in [1.82, 2.24) is 14.9 Å². The van der Waals surface area contributed by atoms with E-state index in [0.717, 1.165) is 17.1 Å². The molecule has 1 aromatic heterocycles. The molecule has 0 aliphatic heterocycles. The predicted molar refractivity (Wildman–Crippen MR) is 142 cm³/mol. The number of amides is 2. The Hall–Kier alpha value is -3.46. The smallest absolute Gasteiger partial charge is 0.280 e. The summed E-state index contributed by atoms with van der Waals surface area (Å²) in [6.07, 6.45) is 0.622. The molecule has 0 radical (unpaired) electrons. The van der Waals surface area contributed by atoms with Crippen LogP contribution in [0.15, 0.2) is 78.2 Å². The fourth-order valence-electron chi connectivity index (χ4n) is 3.78. The van der Waals surface area contributed by atoms with Gasteiger partial charge in [-0.3, -0.25) is 14.5 Å². The second-order valence-electron chi connectivity index (χ2n) is 7.73. The van der Waals surface area contributed by atoms with Crippen molar-refractivity contribution < 1.29 is 14.3 Å². The number of carbonyl (C=O) groups excluding carboxylic acids is 2. The van der Waals surface area contributed by atoms with E-state index in [4.69, 9.17) is 27.9 Å². The van der Waals surface area contributed by atoms with Gasteiger partial charge >= 0.3 is 0 Å². The Morgan fingerprint density at radius 3 is 2.50 bits per heavy atom. The molecule has 0 fully saturated rings. The van der Waals surface area contributed by atoms with Gasteiger partial charge < -0.3 is 10.1 Å². The third-order valence-corrected chi connectivity index (χ3v) is 6.51. The standard InChI is InChI=1S/C26H22Cl2N4O3S/c1-35-23-10-6-5-9-19(23)24(25(33)29-14-13-17-7-3-2-4-8-17)32(26(34)21-16-36-31-30-21)22-12-11-18(27)15-20(22)28/h2-12,15-16,24H,13-14H2,1H3,(H,29,33). The number of rotatable bonds is 9. The van der Waals surface area contributed by atoms with Crippen molar-refractivity contribution in [3.8, 4) is 5.75 Å². The van der Waals surface area contributed by atoms with E-state index in [1.807, 2.05) is 30.3 Å². The van der Waals surface area contributed by atoms with Crippen LogP contribution in [0.5, 0.6) is 5.75 Å². The van der Waals surface area contributed by atoms with Gasteiger partial charge in [0.15, 0.2) is 5.69 Å². The molecule has 0 saturated carbocycles. The minimum absolute atomic E-state index is 0.0861. The highest BCUT2D eigenvalue weighted by Gasteiger charge is 2.37. The molecule has 4 rings (SSSR count). The Kier molecular flexibility index (Phi) is 8.53. The molecule has 1 unspecified atom stereocenters. The lowest BCUT2D eigenvalue weighted by Gasteiger charge is -2.32. The molecule has 1 N–H and O–H groups in total. The number of anilines is 1. The largest absolute Gasteiger partial charge is 0.496 e. The topological polar surface area (TPSA) is 84.4 Å². The maximum absolute atomic E-state index is 13.8. The quantitative estimate of drug-likeness (QED) is 0.298. The highest BCUT2D eigenvalue weighted by atomic mass is 35.5.